The Morgan fingerprint density at radius 3 is 2.17 bits per heavy atom. The van der Waals surface area contributed by atoms with E-state index in [2.05, 4.69) is 15.2 Å². The molecule has 7 heteroatoms. The summed E-state index contributed by atoms with van der Waals surface area (Å²) in [4.78, 5) is 16.5. The Morgan fingerprint density at radius 1 is 0.913 bits per heavy atom. The molecule has 7 nitrogen and oxygen atoms in total. The number of nitrogens with zero attached hydrogens (tertiary/aromatic N) is 4. The van der Waals surface area contributed by atoms with Crippen LogP contribution in [0.1, 0.15) is 0 Å². The van der Waals surface area contributed by atoms with Gasteiger partial charge in [-0.25, -0.2) is 4.98 Å². The predicted molar refractivity (Wildman–Crippen MR) is 89.1 cm³/mol. The van der Waals surface area contributed by atoms with E-state index in [-0.39, 0.29) is 11.6 Å². The number of rotatable bonds is 3. The van der Waals surface area contributed by atoms with Gasteiger partial charge in [0, 0.05) is 5.56 Å². The van der Waals surface area contributed by atoms with Crippen molar-refractivity contribution in [3.05, 3.63) is 71.0 Å². The second kappa shape index (κ2) is 6.10. The van der Waals surface area contributed by atoms with Crippen LogP contribution in [0.2, 0.25) is 0 Å². The molecule has 0 unspecified atom stereocenters. The average Bonchev–Trinajstić information content (AvgIpc) is 2.60. The maximum absolute atomic E-state index is 12.4. The van der Waals surface area contributed by atoms with Gasteiger partial charge in [0.2, 0.25) is 5.95 Å². The van der Waals surface area contributed by atoms with Crippen molar-refractivity contribution in [1.82, 2.24) is 9.66 Å². The summed E-state index contributed by atoms with van der Waals surface area (Å²) in [6, 6.07) is 18.2. The molecule has 0 aliphatic heterocycles. The Balaban J connectivity index is 2.17. The fraction of sp³-hybridized carbons (Fsp3) is 0. The molecule has 0 aliphatic carbocycles. The lowest BCUT2D eigenvalue weighted by Crippen LogP contribution is -2.30. The Kier molecular flexibility index (Phi) is 3.84. The highest BCUT2D eigenvalue weighted by molar-refractivity contribution is 5.72. The molecule has 1 aromatic heterocycles. The fourth-order valence-corrected chi connectivity index (χ4v) is 2.03. The Bertz CT molecular complexity index is 903. The van der Waals surface area contributed by atoms with Gasteiger partial charge in [-0.05, 0) is 12.1 Å². The van der Waals surface area contributed by atoms with E-state index in [1.54, 1.807) is 12.1 Å². The quantitative estimate of drug-likeness (QED) is 0.572. The molecule has 3 rings (SSSR count). The van der Waals surface area contributed by atoms with Gasteiger partial charge < -0.3 is 11.6 Å². The van der Waals surface area contributed by atoms with Gasteiger partial charge in [0.05, 0.1) is 5.69 Å². The number of aromatic nitrogens is 2. The molecule has 0 fully saturated rings. The van der Waals surface area contributed by atoms with E-state index in [1.807, 2.05) is 48.5 Å². The molecular formula is C16H14N6O. The van der Waals surface area contributed by atoms with Crippen molar-refractivity contribution in [3.8, 4) is 11.3 Å². The van der Waals surface area contributed by atoms with Gasteiger partial charge in [0.25, 0.3) is 0 Å². The van der Waals surface area contributed by atoms with E-state index in [4.69, 9.17) is 11.6 Å². The zero-order chi connectivity index (χ0) is 16.2. The van der Waals surface area contributed by atoms with Crippen LogP contribution < -0.4 is 17.1 Å². The first-order valence-electron chi connectivity index (χ1n) is 6.86. The van der Waals surface area contributed by atoms with E-state index in [1.165, 1.54) is 0 Å². The normalized spacial score (nSPS) is 11.0. The predicted octanol–water partition coefficient (Wildman–Crippen LogP) is 2.62. The topological polar surface area (TPSA) is 112 Å². The number of hydrogen-bond acceptors (Lipinski definition) is 6. The molecule has 0 aliphatic rings. The minimum atomic E-state index is -0.559. The molecule has 0 saturated heterocycles. The van der Waals surface area contributed by atoms with Crippen molar-refractivity contribution in [1.29, 1.82) is 0 Å². The van der Waals surface area contributed by atoms with E-state index in [0.717, 1.165) is 4.68 Å². The highest BCUT2D eigenvalue weighted by Crippen LogP contribution is 2.27. The third-order valence-corrected chi connectivity index (χ3v) is 3.19. The third-order valence-electron chi connectivity index (χ3n) is 3.19. The fourth-order valence-electron chi connectivity index (χ4n) is 2.03. The second-order valence-corrected chi connectivity index (χ2v) is 4.74. The second-order valence-electron chi connectivity index (χ2n) is 4.74. The number of nitrogens with two attached hydrogens (primary N) is 2. The lowest BCUT2D eigenvalue weighted by molar-refractivity contribution is 0.906. The van der Waals surface area contributed by atoms with Gasteiger partial charge in [0.1, 0.15) is 5.69 Å². The van der Waals surface area contributed by atoms with Crippen molar-refractivity contribution >= 4 is 17.3 Å². The van der Waals surface area contributed by atoms with Crippen LogP contribution in [-0.2, 0) is 0 Å². The number of hydrogen-bond donors (Lipinski definition) is 2. The summed E-state index contributed by atoms with van der Waals surface area (Å²) < 4.78 is 0.756. The van der Waals surface area contributed by atoms with E-state index >= 15 is 0 Å². The summed E-state index contributed by atoms with van der Waals surface area (Å²) in [6.07, 6.45) is 0. The molecule has 2 aromatic carbocycles. The Labute approximate surface area is 131 Å². The van der Waals surface area contributed by atoms with E-state index < -0.39 is 5.56 Å². The lowest BCUT2D eigenvalue weighted by atomic mass is 10.1. The molecular weight excluding hydrogens is 292 g/mol. The first-order valence-corrected chi connectivity index (χ1v) is 6.86. The molecule has 0 atom stereocenters. The minimum Gasteiger partial charge on any atom is -0.368 e. The molecule has 23 heavy (non-hydrogen) atoms. The molecule has 4 N–H and O–H groups in total. The van der Waals surface area contributed by atoms with Crippen molar-refractivity contribution in [3.63, 3.8) is 0 Å². The van der Waals surface area contributed by atoms with Gasteiger partial charge in [-0.3, -0.25) is 4.79 Å². The monoisotopic (exact) mass is 306 g/mol. The molecule has 0 spiro atoms. The van der Waals surface area contributed by atoms with Crippen molar-refractivity contribution < 1.29 is 0 Å². The van der Waals surface area contributed by atoms with Crippen LogP contribution in [0.25, 0.3) is 11.3 Å². The van der Waals surface area contributed by atoms with Crippen LogP contribution in [0.5, 0.6) is 0 Å². The molecule has 3 aromatic rings. The summed E-state index contributed by atoms with van der Waals surface area (Å²) in [7, 11) is 0. The lowest BCUT2D eigenvalue weighted by Gasteiger charge is -2.08. The maximum atomic E-state index is 12.4. The number of benzene rings is 2. The van der Waals surface area contributed by atoms with Gasteiger partial charge >= 0.3 is 5.56 Å². The third kappa shape index (κ3) is 2.93. The standard InChI is InChI=1S/C16H14N6O/c17-16-19-13(11-7-3-1-4-8-11)14(15(23)22(16)18)21-20-12-9-5-2-6-10-12/h1-10H,18H2,(H2,17,19). The number of nitrogen functional groups attached to an aromatic ring is 2. The van der Waals surface area contributed by atoms with Crippen molar-refractivity contribution in [2.24, 2.45) is 10.2 Å². The molecule has 0 radical (unpaired) electrons. The van der Waals surface area contributed by atoms with E-state index in [9.17, 15) is 4.79 Å². The van der Waals surface area contributed by atoms with Gasteiger partial charge in [-0.1, -0.05) is 48.5 Å². The van der Waals surface area contributed by atoms with Crippen LogP contribution in [0.15, 0.2) is 75.7 Å². The first-order chi connectivity index (χ1) is 11.2. The van der Waals surface area contributed by atoms with Crippen molar-refractivity contribution in [2.45, 2.75) is 0 Å². The average molecular weight is 306 g/mol. The number of anilines is 1. The van der Waals surface area contributed by atoms with Crippen LogP contribution >= 0.6 is 0 Å². The highest BCUT2D eigenvalue weighted by atomic mass is 16.1. The van der Waals surface area contributed by atoms with Crippen LogP contribution in [-0.4, -0.2) is 9.66 Å². The van der Waals surface area contributed by atoms with E-state index in [0.29, 0.717) is 16.9 Å². The summed E-state index contributed by atoms with van der Waals surface area (Å²) >= 11 is 0. The summed E-state index contributed by atoms with van der Waals surface area (Å²) in [5.74, 6) is 5.52. The smallest absolute Gasteiger partial charge is 0.301 e. The summed E-state index contributed by atoms with van der Waals surface area (Å²) in [5.41, 5.74) is 6.84. The van der Waals surface area contributed by atoms with Gasteiger partial charge in [-0.2, -0.15) is 9.79 Å². The molecule has 0 amide bonds. The SMILES string of the molecule is Nc1nc(-c2ccccc2)c(N=Nc2ccccc2)c(=O)n1N. The highest BCUT2D eigenvalue weighted by Gasteiger charge is 2.15. The Morgan fingerprint density at radius 2 is 1.52 bits per heavy atom. The first kappa shape index (κ1) is 14.5. The van der Waals surface area contributed by atoms with Crippen LogP contribution in [0.3, 0.4) is 0 Å². The van der Waals surface area contributed by atoms with Crippen molar-refractivity contribution in [2.75, 3.05) is 11.6 Å². The summed E-state index contributed by atoms with van der Waals surface area (Å²) in [6.45, 7) is 0. The molecule has 0 bridgehead atoms. The Hall–Kier alpha value is -3.48. The van der Waals surface area contributed by atoms with Gasteiger partial charge in [-0.15, -0.1) is 5.11 Å². The minimum absolute atomic E-state index is 0.0387. The zero-order valence-electron chi connectivity index (χ0n) is 12.1. The van der Waals surface area contributed by atoms with Crippen LogP contribution in [0, 0.1) is 0 Å². The number of azo groups is 1. The maximum Gasteiger partial charge on any atom is 0.301 e. The molecule has 0 saturated carbocycles. The largest absolute Gasteiger partial charge is 0.368 e. The molecule has 1 heterocycles. The molecule has 114 valence electrons. The zero-order valence-corrected chi connectivity index (χ0v) is 12.1. The van der Waals surface area contributed by atoms with Gasteiger partial charge in [0.15, 0.2) is 5.69 Å². The van der Waals surface area contributed by atoms with Crippen LogP contribution in [0.4, 0.5) is 17.3 Å². The summed E-state index contributed by atoms with van der Waals surface area (Å²) in [5, 5.41) is 8.12.